The molecule has 0 spiro atoms. The van der Waals surface area contributed by atoms with Gasteiger partial charge in [0, 0.05) is 0 Å². The number of nitrogens with one attached hydrogen (secondary N) is 1. The molecule has 0 bridgehead atoms. The predicted octanol–water partition coefficient (Wildman–Crippen LogP) is 0.986. The average molecular weight is 430 g/mol. The fourth-order valence-corrected chi connectivity index (χ4v) is 4.42. The molecule has 0 saturated carbocycles. The normalized spacial score (nSPS) is 21.6. The van der Waals surface area contributed by atoms with E-state index in [9.17, 15) is 24.0 Å². The molecule has 1 N–H and O–H groups in total. The molecule has 1 saturated heterocycles. The van der Waals surface area contributed by atoms with Crippen LogP contribution in [-0.2, 0) is 14.4 Å². The molecule has 3 aliphatic heterocycles. The number of fused-ring (bicyclic) bond motifs is 2. The van der Waals surface area contributed by atoms with Crippen molar-refractivity contribution in [1.82, 2.24) is 10.3 Å². The van der Waals surface area contributed by atoms with Crippen molar-refractivity contribution in [2.45, 2.75) is 19.9 Å². The van der Waals surface area contributed by atoms with E-state index < -0.39 is 47.9 Å². The van der Waals surface area contributed by atoms with Gasteiger partial charge < -0.3 is 0 Å². The van der Waals surface area contributed by atoms with Gasteiger partial charge in [0.2, 0.25) is 5.91 Å². The molecule has 32 heavy (non-hydrogen) atoms. The molecule has 2 atom stereocenters. The highest BCUT2D eigenvalue weighted by atomic mass is 16.2. The molecule has 0 unspecified atom stereocenters. The minimum atomic E-state index is -1.11. The van der Waals surface area contributed by atoms with Crippen molar-refractivity contribution in [3.05, 3.63) is 64.7 Å². The molecule has 5 rings (SSSR count). The maximum Gasteiger partial charge on any atom is 0.261 e. The van der Waals surface area contributed by atoms with Gasteiger partial charge in [-0.2, -0.15) is 5.10 Å². The molecular formula is C23H18N4O5. The highest BCUT2D eigenvalue weighted by Gasteiger charge is 2.55. The van der Waals surface area contributed by atoms with Gasteiger partial charge in [-0.05, 0) is 37.6 Å². The van der Waals surface area contributed by atoms with Gasteiger partial charge in [0.1, 0.15) is 17.7 Å². The number of aryl methyl sites for hydroxylation is 2. The zero-order chi connectivity index (χ0) is 22.7. The van der Waals surface area contributed by atoms with Gasteiger partial charge >= 0.3 is 0 Å². The number of benzene rings is 2. The summed E-state index contributed by atoms with van der Waals surface area (Å²) in [5, 5.41) is 3.93. The second-order valence-corrected chi connectivity index (χ2v) is 8.05. The molecule has 3 aliphatic rings. The number of anilines is 1. The largest absolute Gasteiger partial charge is 0.296 e. The monoisotopic (exact) mass is 430 g/mol. The molecule has 0 radical (unpaired) electrons. The van der Waals surface area contributed by atoms with Crippen molar-refractivity contribution in [3.8, 4) is 0 Å². The van der Waals surface area contributed by atoms with E-state index >= 15 is 0 Å². The minimum Gasteiger partial charge on any atom is -0.296 e. The number of hydrazone groups is 1. The minimum absolute atomic E-state index is 0.155. The molecule has 160 valence electrons. The van der Waals surface area contributed by atoms with E-state index in [-0.39, 0.29) is 16.8 Å². The smallest absolute Gasteiger partial charge is 0.261 e. The zero-order valence-corrected chi connectivity index (χ0v) is 17.3. The molecular weight excluding hydrogens is 412 g/mol. The first-order valence-corrected chi connectivity index (χ1v) is 10.1. The number of hydrogen-bond acceptors (Lipinski definition) is 7. The van der Waals surface area contributed by atoms with Gasteiger partial charge in [0.15, 0.2) is 5.78 Å². The van der Waals surface area contributed by atoms with Gasteiger partial charge in [-0.3, -0.25) is 34.3 Å². The Bertz CT molecular complexity index is 1250. The van der Waals surface area contributed by atoms with E-state index in [0.29, 0.717) is 5.69 Å². The first-order chi connectivity index (χ1) is 15.3. The van der Waals surface area contributed by atoms with Crippen LogP contribution in [0.25, 0.3) is 0 Å². The van der Waals surface area contributed by atoms with Crippen molar-refractivity contribution in [3.63, 3.8) is 0 Å². The zero-order valence-electron chi connectivity index (χ0n) is 17.3. The van der Waals surface area contributed by atoms with E-state index in [1.54, 1.807) is 31.2 Å². The molecule has 2 aromatic carbocycles. The Morgan fingerprint density at radius 3 is 2.25 bits per heavy atom. The van der Waals surface area contributed by atoms with E-state index in [1.165, 1.54) is 12.1 Å². The van der Waals surface area contributed by atoms with Crippen LogP contribution in [0.3, 0.4) is 0 Å². The van der Waals surface area contributed by atoms with Gasteiger partial charge in [-0.25, -0.2) is 4.90 Å². The Morgan fingerprint density at radius 1 is 0.969 bits per heavy atom. The van der Waals surface area contributed by atoms with Crippen molar-refractivity contribution in [2.24, 2.45) is 11.0 Å². The summed E-state index contributed by atoms with van der Waals surface area (Å²) in [4.78, 5) is 66.2. The van der Waals surface area contributed by atoms with Crippen molar-refractivity contribution >= 4 is 40.8 Å². The number of carbonyl (C=O) groups is 5. The summed E-state index contributed by atoms with van der Waals surface area (Å²) in [5.74, 6) is -3.99. The fraction of sp³-hybridized carbons (Fsp3) is 0.217. The fourth-order valence-electron chi connectivity index (χ4n) is 4.42. The first-order valence-electron chi connectivity index (χ1n) is 10.1. The summed E-state index contributed by atoms with van der Waals surface area (Å²) in [6, 6.07) is 10.7. The average Bonchev–Trinajstić information content (AvgIpc) is 3.38. The molecule has 3 heterocycles. The summed E-state index contributed by atoms with van der Waals surface area (Å²) >= 11 is 0. The summed E-state index contributed by atoms with van der Waals surface area (Å²) in [6.07, 6.45) is 0. The van der Waals surface area contributed by atoms with Crippen LogP contribution in [0.4, 0.5) is 5.69 Å². The maximum absolute atomic E-state index is 13.2. The lowest BCUT2D eigenvalue weighted by molar-refractivity contribution is -0.122. The van der Waals surface area contributed by atoms with Gasteiger partial charge in [0.25, 0.3) is 17.7 Å². The number of amides is 4. The Labute approximate surface area is 182 Å². The second kappa shape index (κ2) is 6.94. The third-order valence-corrected chi connectivity index (χ3v) is 5.98. The first kappa shape index (κ1) is 19.8. The molecule has 0 aliphatic carbocycles. The van der Waals surface area contributed by atoms with Gasteiger partial charge in [0.05, 0.1) is 23.4 Å². The molecule has 9 nitrogen and oxygen atoms in total. The highest BCUT2D eigenvalue weighted by Crippen LogP contribution is 2.33. The number of rotatable bonds is 4. The molecule has 1 fully saturated rings. The number of hydrogen-bond donors (Lipinski definition) is 1. The lowest BCUT2D eigenvalue weighted by Gasteiger charge is -2.18. The van der Waals surface area contributed by atoms with E-state index in [2.05, 4.69) is 10.5 Å². The van der Waals surface area contributed by atoms with Crippen LogP contribution < -0.4 is 10.3 Å². The van der Waals surface area contributed by atoms with Crippen LogP contribution in [-0.4, -0.2) is 52.6 Å². The third-order valence-electron chi connectivity index (χ3n) is 5.98. The van der Waals surface area contributed by atoms with Crippen LogP contribution >= 0.6 is 0 Å². The number of carbonyl (C=O) groups excluding carboxylic acids is 5. The Balaban J connectivity index is 1.39. The van der Waals surface area contributed by atoms with E-state index in [1.807, 2.05) is 13.0 Å². The topological polar surface area (TPSA) is 116 Å². The van der Waals surface area contributed by atoms with Crippen LogP contribution in [0.15, 0.2) is 47.6 Å². The summed E-state index contributed by atoms with van der Waals surface area (Å²) in [5.41, 5.74) is 5.08. The van der Waals surface area contributed by atoms with Crippen molar-refractivity contribution in [1.29, 1.82) is 0 Å². The van der Waals surface area contributed by atoms with Crippen molar-refractivity contribution in [2.75, 3.05) is 11.4 Å². The third kappa shape index (κ3) is 2.71. The van der Waals surface area contributed by atoms with Gasteiger partial charge in [-0.1, -0.05) is 29.8 Å². The SMILES string of the molecule is Cc1ccc(N2C(=O)[C@@H]3C(C(=O)CN4C(=O)c5ccccc5C4=O)=NN[C@@H]3C2=O)c(C)c1. The summed E-state index contributed by atoms with van der Waals surface area (Å²) in [7, 11) is 0. The highest BCUT2D eigenvalue weighted by molar-refractivity contribution is 6.49. The van der Waals surface area contributed by atoms with Crippen LogP contribution in [0.5, 0.6) is 0 Å². The number of ketones is 1. The summed E-state index contributed by atoms with van der Waals surface area (Å²) in [6.45, 7) is 3.15. The van der Waals surface area contributed by atoms with Gasteiger partial charge in [-0.15, -0.1) is 0 Å². The quantitative estimate of drug-likeness (QED) is 0.723. The Morgan fingerprint density at radius 2 is 1.62 bits per heavy atom. The summed E-state index contributed by atoms with van der Waals surface area (Å²) < 4.78 is 0. The Hall–Kier alpha value is -4.14. The number of imide groups is 2. The number of nitrogens with zero attached hydrogens (tertiary/aromatic N) is 3. The predicted molar refractivity (Wildman–Crippen MR) is 113 cm³/mol. The van der Waals surface area contributed by atoms with E-state index in [0.717, 1.165) is 20.9 Å². The van der Waals surface area contributed by atoms with E-state index in [4.69, 9.17) is 0 Å². The lowest BCUT2D eigenvalue weighted by atomic mass is 9.95. The molecule has 2 aromatic rings. The van der Waals surface area contributed by atoms with Crippen molar-refractivity contribution < 1.29 is 24.0 Å². The van der Waals surface area contributed by atoms with Crippen LogP contribution in [0, 0.1) is 19.8 Å². The molecule has 4 amide bonds. The lowest BCUT2D eigenvalue weighted by Crippen LogP contribution is -2.41. The van der Waals surface area contributed by atoms with Crippen LogP contribution in [0.2, 0.25) is 0 Å². The maximum atomic E-state index is 13.2. The second-order valence-electron chi connectivity index (χ2n) is 8.05. The van der Waals surface area contributed by atoms with Crippen LogP contribution in [0.1, 0.15) is 31.8 Å². The standard InChI is InChI=1S/C23H18N4O5/c1-11-7-8-15(12(2)9-11)27-22(31)17-18(24-25-19(17)23(27)32)16(28)10-26-20(29)13-5-3-4-6-14(13)21(26)30/h3-9,17,19,25H,10H2,1-2H3/t17-,19+/m1/s1. The molecule has 9 heteroatoms. The molecule has 0 aromatic heterocycles. The number of Topliss-reactive ketones (excluding diaryl/α,β-unsaturated/α-hetero) is 1. The Kier molecular flexibility index (Phi) is 4.30.